The van der Waals surface area contributed by atoms with Crippen molar-refractivity contribution in [1.29, 1.82) is 0 Å². The highest BCUT2D eigenvalue weighted by Gasteiger charge is 2.38. The van der Waals surface area contributed by atoms with E-state index in [2.05, 4.69) is 0 Å². The van der Waals surface area contributed by atoms with Crippen LogP contribution in [0.15, 0.2) is 16.3 Å². The van der Waals surface area contributed by atoms with Gasteiger partial charge in [-0.05, 0) is 31.4 Å². The van der Waals surface area contributed by atoms with Gasteiger partial charge >= 0.3 is 6.09 Å². The lowest BCUT2D eigenvalue weighted by Crippen LogP contribution is -2.47. The Bertz CT molecular complexity index is 683. The lowest BCUT2D eigenvalue weighted by atomic mass is 10.1. The van der Waals surface area contributed by atoms with Gasteiger partial charge in [-0.25, -0.2) is 13.2 Å². The Morgan fingerprint density at radius 3 is 2.57 bits per heavy atom. The first-order valence-electron chi connectivity index (χ1n) is 7.64. The molecule has 1 amide bonds. The molecule has 0 aliphatic carbocycles. The summed E-state index contributed by atoms with van der Waals surface area (Å²) in [4.78, 5) is 13.7. The molecule has 128 valence electrons. The summed E-state index contributed by atoms with van der Waals surface area (Å²) in [5, 5.41) is 0. The summed E-state index contributed by atoms with van der Waals surface area (Å²) in [6, 6.07) is 3.19. The standard InChI is InChI=1S/C14H19ClN2O4S2/c1-2-11-9-17(14(18)21-11)10-5-7-16(8-6-10)23(19,20)13-4-3-12(15)22-13/h3-4,10-11H,2,5-9H2,1H3. The van der Waals surface area contributed by atoms with E-state index < -0.39 is 10.0 Å². The average molecular weight is 379 g/mol. The lowest BCUT2D eigenvalue weighted by Gasteiger charge is -2.34. The number of carbonyl (C=O) groups is 1. The van der Waals surface area contributed by atoms with Crippen LogP contribution in [-0.4, -0.2) is 55.5 Å². The van der Waals surface area contributed by atoms with Crippen molar-refractivity contribution in [2.45, 2.75) is 42.5 Å². The fourth-order valence-corrected chi connectivity index (χ4v) is 6.12. The minimum Gasteiger partial charge on any atom is -0.444 e. The summed E-state index contributed by atoms with van der Waals surface area (Å²) >= 11 is 6.90. The first kappa shape index (κ1) is 17.0. The predicted octanol–water partition coefficient (Wildman–Crippen LogP) is 2.79. The largest absolute Gasteiger partial charge is 0.444 e. The molecule has 2 saturated heterocycles. The normalized spacial score (nSPS) is 24.2. The summed E-state index contributed by atoms with van der Waals surface area (Å²) in [5.41, 5.74) is 0. The molecular weight excluding hydrogens is 360 g/mol. The molecule has 23 heavy (non-hydrogen) atoms. The van der Waals surface area contributed by atoms with Gasteiger partial charge in [-0.2, -0.15) is 4.31 Å². The van der Waals surface area contributed by atoms with E-state index in [1.54, 1.807) is 11.0 Å². The zero-order chi connectivity index (χ0) is 16.6. The Morgan fingerprint density at radius 1 is 1.35 bits per heavy atom. The van der Waals surface area contributed by atoms with Crippen molar-refractivity contribution >= 4 is 39.1 Å². The van der Waals surface area contributed by atoms with Crippen molar-refractivity contribution in [3.05, 3.63) is 16.5 Å². The molecule has 2 aliphatic heterocycles. The molecule has 0 bridgehead atoms. The van der Waals surface area contributed by atoms with Crippen LogP contribution < -0.4 is 0 Å². The highest BCUT2D eigenvalue weighted by atomic mass is 35.5. The van der Waals surface area contributed by atoms with Gasteiger partial charge in [0.2, 0.25) is 0 Å². The van der Waals surface area contributed by atoms with Gasteiger partial charge in [0.25, 0.3) is 10.0 Å². The van der Waals surface area contributed by atoms with E-state index in [4.69, 9.17) is 16.3 Å². The molecule has 3 rings (SSSR count). The zero-order valence-corrected chi connectivity index (χ0v) is 15.2. The van der Waals surface area contributed by atoms with E-state index >= 15 is 0 Å². The number of nitrogens with zero attached hydrogens (tertiary/aromatic N) is 2. The topological polar surface area (TPSA) is 66.9 Å². The molecule has 1 unspecified atom stereocenters. The molecule has 1 atom stereocenters. The molecular formula is C14H19ClN2O4S2. The van der Waals surface area contributed by atoms with Crippen molar-refractivity contribution in [3.63, 3.8) is 0 Å². The smallest absolute Gasteiger partial charge is 0.410 e. The Hall–Kier alpha value is -0.830. The van der Waals surface area contributed by atoms with Gasteiger partial charge in [0, 0.05) is 19.1 Å². The number of hydrogen-bond acceptors (Lipinski definition) is 5. The number of cyclic esters (lactones) is 1. The van der Waals surface area contributed by atoms with E-state index in [-0.39, 0.29) is 22.4 Å². The van der Waals surface area contributed by atoms with Crippen molar-refractivity contribution in [3.8, 4) is 0 Å². The van der Waals surface area contributed by atoms with Crippen molar-refractivity contribution in [2.24, 2.45) is 0 Å². The number of hydrogen-bond donors (Lipinski definition) is 0. The van der Waals surface area contributed by atoms with Gasteiger partial charge in [0.05, 0.1) is 10.9 Å². The molecule has 1 aromatic heterocycles. The molecule has 1 aromatic rings. The van der Waals surface area contributed by atoms with Gasteiger partial charge in [-0.1, -0.05) is 18.5 Å². The number of amides is 1. The summed E-state index contributed by atoms with van der Waals surface area (Å²) in [6.07, 6.45) is 1.74. The molecule has 0 spiro atoms. The number of carbonyl (C=O) groups excluding carboxylic acids is 1. The van der Waals surface area contributed by atoms with Gasteiger partial charge < -0.3 is 9.64 Å². The first-order valence-corrected chi connectivity index (χ1v) is 10.3. The minimum atomic E-state index is -3.48. The van der Waals surface area contributed by atoms with Crippen molar-refractivity contribution < 1.29 is 17.9 Å². The zero-order valence-electron chi connectivity index (χ0n) is 12.8. The van der Waals surface area contributed by atoms with E-state index in [1.807, 2.05) is 6.92 Å². The molecule has 0 saturated carbocycles. The van der Waals surface area contributed by atoms with Crippen molar-refractivity contribution in [2.75, 3.05) is 19.6 Å². The minimum absolute atomic E-state index is 0.0440. The molecule has 2 aliphatic rings. The second-order valence-corrected chi connectivity index (χ2v) is 9.64. The molecule has 0 N–H and O–H groups in total. The van der Waals surface area contributed by atoms with Crippen LogP contribution in [0.2, 0.25) is 4.34 Å². The third kappa shape index (κ3) is 3.35. The molecule has 3 heterocycles. The number of thiophene rings is 1. The fraction of sp³-hybridized carbons (Fsp3) is 0.643. The third-order valence-corrected chi connectivity index (χ3v) is 7.96. The van der Waals surface area contributed by atoms with Crippen LogP contribution in [0.4, 0.5) is 4.79 Å². The molecule has 0 radical (unpaired) electrons. The maximum Gasteiger partial charge on any atom is 0.410 e. The third-order valence-electron chi connectivity index (χ3n) is 4.36. The maximum atomic E-state index is 12.6. The van der Waals surface area contributed by atoms with Crippen LogP contribution in [0.3, 0.4) is 0 Å². The number of rotatable bonds is 4. The number of ether oxygens (including phenoxy) is 1. The van der Waals surface area contributed by atoms with Crippen LogP contribution in [0.5, 0.6) is 0 Å². The van der Waals surface area contributed by atoms with Crippen LogP contribution in [0.1, 0.15) is 26.2 Å². The predicted molar refractivity (Wildman–Crippen MR) is 88.4 cm³/mol. The second kappa shape index (κ2) is 6.58. The highest BCUT2D eigenvalue weighted by molar-refractivity contribution is 7.91. The number of halogens is 1. The van der Waals surface area contributed by atoms with E-state index in [9.17, 15) is 13.2 Å². The van der Waals surface area contributed by atoms with Crippen LogP contribution in [-0.2, 0) is 14.8 Å². The van der Waals surface area contributed by atoms with Crippen LogP contribution >= 0.6 is 22.9 Å². The highest BCUT2D eigenvalue weighted by Crippen LogP contribution is 2.31. The monoisotopic (exact) mass is 378 g/mol. The molecule has 9 heteroatoms. The number of piperidine rings is 1. The summed E-state index contributed by atoms with van der Waals surface area (Å²) in [5.74, 6) is 0. The Balaban J connectivity index is 1.64. The molecule has 0 aromatic carbocycles. The average Bonchev–Trinajstić information content (AvgIpc) is 3.13. The summed E-state index contributed by atoms with van der Waals surface area (Å²) in [6.45, 7) is 3.41. The summed E-state index contributed by atoms with van der Waals surface area (Å²) in [7, 11) is -3.48. The Morgan fingerprint density at radius 2 is 2.04 bits per heavy atom. The SMILES string of the molecule is CCC1CN(C2CCN(S(=O)(=O)c3ccc(Cl)s3)CC2)C(=O)O1. The molecule has 2 fully saturated rings. The lowest BCUT2D eigenvalue weighted by molar-refractivity contribution is 0.120. The number of sulfonamides is 1. The van der Waals surface area contributed by atoms with Gasteiger partial charge in [-0.3, -0.25) is 0 Å². The van der Waals surface area contributed by atoms with Gasteiger partial charge in [-0.15, -0.1) is 11.3 Å². The first-order chi connectivity index (χ1) is 10.9. The van der Waals surface area contributed by atoms with Gasteiger partial charge in [0.15, 0.2) is 0 Å². The Kier molecular flexibility index (Phi) is 4.87. The second-order valence-electron chi connectivity index (χ2n) is 5.76. The van der Waals surface area contributed by atoms with E-state index in [0.29, 0.717) is 36.8 Å². The summed E-state index contributed by atoms with van der Waals surface area (Å²) < 4.78 is 32.6. The Labute approximate surface area is 145 Å². The van der Waals surface area contributed by atoms with E-state index in [1.165, 1.54) is 10.4 Å². The van der Waals surface area contributed by atoms with Gasteiger partial charge in [0.1, 0.15) is 10.3 Å². The fourth-order valence-electron chi connectivity index (χ4n) is 3.01. The van der Waals surface area contributed by atoms with Crippen LogP contribution in [0.25, 0.3) is 0 Å². The van der Waals surface area contributed by atoms with Crippen LogP contribution in [0, 0.1) is 0 Å². The molecule has 6 nitrogen and oxygen atoms in total. The van der Waals surface area contributed by atoms with Crippen molar-refractivity contribution in [1.82, 2.24) is 9.21 Å². The quantitative estimate of drug-likeness (QED) is 0.807. The maximum absolute atomic E-state index is 12.6. The van der Waals surface area contributed by atoms with E-state index in [0.717, 1.165) is 17.8 Å².